The predicted octanol–water partition coefficient (Wildman–Crippen LogP) is 2.73. The lowest BCUT2D eigenvalue weighted by Crippen LogP contribution is -2.45. The molecule has 0 bridgehead atoms. The molecule has 2 heterocycles. The molecule has 3 heteroatoms. The average Bonchev–Trinajstić information content (AvgIpc) is 2.43. The molecule has 98 valence electrons. The summed E-state index contributed by atoms with van der Waals surface area (Å²) in [6, 6.07) is 9.22. The quantitative estimate of drug-likeness (QED) is 0.868. The van der Waals surface area contributed by atoms with Gasteiger partial charge in [-0.2, -0.15) is 0 Å². The fraction of sp³-hybridized carbons (Fsp3) is 0.600. The summed E-state index contributed by atoms with van der Waals surface area (Å²) in [6.45, 7) is 6.39. The van der Waals surface area contributed by atoms with Gasteiger partial charge < -0.3 is 15.0 Å². The number of nitrogens with zero attached hydrogens (tertiary/aromatic N) is 1. The molecule has 0 aliphatic carbocycles. The molecule has 0 spiro atoms. The van der Waals surface area contributed by atoms with Gasteiger partial charge in [-0.3, -0.25) is 0 Å². The Hall–Kier alpha value is -1.22. The lowest BCUT2D eigenvalue weighted by Gasteiger charge is -2.40. The van der Waals surface area contributed by atoms with Gasteiger partial charge in [-0.25, -0.2) is 0 Å². The lowest BCUT2D eigenvalue weighted by molar-refractivity contribution is 0.0678. The van der Waals surface area contributed by atoms with E-state index in [2.05, 4.69) is 41.4 Å². The molecule has 1 aromatic rings. The van der Waals surface area contributed by atoms with E-state index in [1.54, 1.807) is 0 Å². The minimum absolute atomic E-state index is 0.572. The highest BCUT2D eigenvalue weighted by Gasteiger charge is 2.25. The van der Waals surface area contributed by atoms with E-state index in [-0.39, 0.29) is 0 Å². The van der Waals surface area contributed by atoms with Crippen molar-refractivity contribution in [3.63, 3.8) is 0 Å². The molecule has 3 rings (SSSR count). The summed E-state index contributed by atoms with van der Waals surface area (Å²) in [5, 5.41) is 3.51. The Bertz CT molecular complexity index is 401. The first kappa shape index (κ1) is 11.8. The number of anilines is 2. The molecule has 0 amide bonds. The van der Waals surface area contributed by atoms with E-state index in [9.17, 15) is 0 Å². The molecule has 1 unspecified atom stereocenters. The SMILES string of the molecule is CC1CNc2ccccc2N1CC1CCOCC1. The first-order chi connectivity index (χ1) is 8.84. The molecular weight excluding hydrogens is 224 g/mol. The standard InChI is InChI=1S/C15H22N2O/c1-12-10-16-14-4-2-3-5-15(14)17(12)11-13-6-8-18-9-7-13/h2-5,12-13,16H,6-11H2,1H3. The number of benzene rings is 1. The third kappa shape index (κ3) is 2.32. The molecular formula is C15H22N2O. The summed E-state index contributed by atoms with van der Waals surface area (Å²) in [5.41, 5.74) is 2.64. The van der Waals surface area contributed by atoms with Crippen LogP contribution in [0, 0.1) is 5.92 Å². The number of hydrogen-bond acceptors (Lipinski definition) is 3. The van der Waals surface area contributed by atoms with Gasteiger partial charge in [-0.1, -0.05) is 12.1 Å². The minimum Gasteiger partial charge on any atom is -0.381 e. The third-order valence-corrected chi connectivity index (χ3v) is 4.13. The molecule has 18 heavy (non-hydrogen) atoms. The summed E-state index contributed by atoms with van der Waals surface area (Å²) >= 11 is 0. The molecule has 1 atom stereocenters. The predicted molar refractivity (Wildman–Crippen MR) is 75.3 cm³/mol. The molecule has 1 fully saturated rings. The van der Waals surface area contributed by atoms with E-state index >= 15 is 0 Å². The van der Waals surface area contributed by atoms with Crippen LogP contribution in [0.2, 0.25) is 0 Å². The van der Waals surface area contributed by atoms with Crippen molar-refractivity contribution in [2.24, 2.45) is 5.92 Å². The van der Waals surface area contributed by atoms with Gasteiger partial charge in [0.2, 0.25) is 0 Å². The smallest absolute Gasteiger partial charge is 0.0605 e. The Kier molecular flexibility index (Phi) is 3.41. The van der Waals surface area contributed by atoms with Gasteiger partial charge in [0.15, 0.2) is 0 Å². The second kappa shape index (κ2) is 5.19. The Morgan fingerprint density at radius 3 is 2.89 bits per heavy atom. The topological polar surface area (TPSA) is 24.5 Å². The zero-order valence-corrected chi connectivity index (χ0v) is 11.1. The fourth-order valence-corrected chi connectivity index (χ4v) is 2.96. The largest absolute Gasteiger partial charge is 0.381 e. The van der Waals surface area contributed by atoms with Crippen LogP contribution in [0.15, 0.2) is 24.3 Å². The van der Waals surface area contributed by atoms with Crippen LogP contribution < -0.4 is 10.2 Å². The van der Waals surface area contributed by atoms with Crippen LogP contribution in [0.5, 0.6) is 0 Å². The number of para-hydroxylation sites is 2. The summed E-state index contributed by atoms with van der Waals surface area (Å²) < 4.78 is 5.45. The van der Waals surface area contributed by atoms with Crippen LogP contribution in [0.3, 0.4) is 0 Å². The van der Waals surface area contributed by atoms with Crippen molar-refractivity contribution in [1.29, 1.82) is 0 Å². The van der Waals surface area contributed by atoms with Crippen LogP contribution in [-0.2, 0) is 4.74 Å². The van der Waals surface area contributed by atoms with Crippen LogP contribution in [0.25, 0.3) is 0 Å². The fourth-order valence-electron chi connectivity index (χ4n) is 2.96. The third-order valence-electron chi connectivity index (χ3n) is 4.13. The number of fused-ring (bicyclic) bond motifs is 1. The maximum absolute atomic E-state index is 5.45. The van der Waals surface area contributed by atoms with Crippen LogP contribution in [-0.4, -0.2) is 32.3 Å². The van der Waals surface area contributed by atoms with Gasteiger partial charge in [-0.15, -0.1) is 0 Å². The zero-order valence-electron chi connectivity index (χ0n) is 11.1. The van der Waals surface area contributed by atoms with Crippen LogP contribution >= 0.6 is 0 Å². The molecule has 2 aliphatic rings. The maximum atomic E-state index is 5.45. The van der Waals surface area contributed by atoms with E-state index in [1.807, 2.05) is 0 Å². The van der Waals surface area contributed by atoms with Crippen molar-refractivity contribution in [1.82, 2.24) is 0 Å². The van der Waals surface area contributed by atoms with Gasteiger partial charge in [0, 0.05) is 32.3 Å². The van der Waals surface area contributed by atoms with E-state index in [0.717, 1.165) is 25.7 Å². The van der Waals surface area contributed by atoms with Crippen LogP contribution in [0.1, 0.15) is 19.8 Å². The van der Waals surface area contributed by atoms with Crippen molar-refractivity contribution >= 4 is 11.4 Å². The van der Waals surface area contributed by atoms with E-state index in [0.29, 0.717) is 6.04 Å². The number of rotatable bonds is 2. The summed E-state index contributed by atoms with van der Waals surface area (Å²) in [7, 11) is 0. The zero-order chi connectivity index (χ0) is 12.4. The van der Waals surface area contributed by atoms with Crippen LogP contribution in [0.4, 0.5) is 11.4 Å². The summed E-state index contributed by atoms with van der Waals surface area (Å²) in [6.07, 6.45) is 2.41. The van der Waals surface area contributed by atoms with Crippen molar-refractivity contribution in [2.75, 3.05) is 36.5 Å². The van der Waals surface area contributed by atoms with Crippen molar-refractivity contribution in [3.05, 3.63) is 24.3 Å². The van der Waals surface area contributed by atoms with Gasteiger partial charge in [0.05, 0.1) is 11.4 Å². The van der Waals surface area contributed by atoms with Gasteiger partial charge in [0.25, 0.3) is 0 Å². The second-order valence-corrected chi connectivity index (χ2v) is 5.46. The second-order valence-electron chi connectivity index (χ2n) is 5.46. The average molecular weight is 246 g/mol. The highest BCUT2D eigenvalue weighted by atomic mass is 16.5. The summed E-state index contributed by atoms with van der Waals surface area (Å²) in [5.74, 6) is 0.785. The van der Waals surface area contributed by atoms with E-state index in [1.165, 1.54) is 30.8 Å². The van der Waals surface area contributed by atoms with Gasteiger partial charge in [0.1, 0.15) is 0 Å². The van der Waals surface area contributed by atoms with Crippen molar-refractivity contribution in [3.8, 4) is 0 Å². The Balaban J connectivity index is 1.77. The first-order valence-electron chi connectivity index (χ1n) is 7.02. The monoisotopic (exact) mass is 246 g/mol. The number of nitrogens with one attached hydrogen (secondary N) is 1. The molecule has 0 saturated carbocycles. The molecule has 1 aromatic carbocycles. The van der Waals surface area contributed by atoms with Gasteiger partial charge in [-0.05, 0) is 37.8 Å². The highest BCUT2D eigenvalue weighted by Crippen LogP contribution is 2.32. The van der Waals surface area contributed by atoms with E-state index in [4.69, 9.17) is 4.74 Å². The molecule has 3 nitrogen and oxygen atoms in total. The van der Waals surface area contributed by atoms with E-state index < -0.39 is 0 Å². The molecule has 0 aromatic heterocycles. The first-order valence-corrected chi connectivity index (χ1v) is 7.02. The number of ether oxygens (including phenoxy) is 1. The normalized spacial score (nSPS) is 24.5. The van der Waals surface area contributed by atoms with Crippen molar-refractivity contribution < 1.29 is 4.74 Å². The highest BCUT2D eigenvalue weighted by molar-refractivity contribution is 5.72. The van der Waals surface area contributed by atoms with Crippen molar-refractivity contribution in [2.45, 2.75) is 25.8 Å². The molecule has 1 saturated heterocycles. The Labute approximate surface area is 109 Å². The van der Waals surface area contributed by atoms with Gasteiger partial charge >= 0.3 is 0 Å². The maximum Gasteiger partial charge on any atom is 0.0605 e. The minimum atomic E-state index is 0.572. The molecule has 2 aliphatic heterocycles. The molecule has 0 radical (unpaired) electrons. The number of hydrogen-bond donors (Lipinski definition) is 1. The lowest BCUT2D eigenvalue weighted by atomic mass is 9.97. The summed E-state index contributed by atoms with van der Waals surface area (Å²) in [4.78, 5) is 2.57. The molecule has 1 N–H and O–H groups in total. The Morgan fingerprint density at radius 2 is 2.06 bits per heavy atom. The Morgan fingerprint density at radius 1 is 1.28 bits per heavy atom.